The quantitative estimate of drug-likeness (QED) is 0.822. The molecule has 2 amide bonds. The molecule has 2 N–H and O–H groups in total. The molecule has 1 aliphatic heterocycles. The average Bonchev–Trinajstić information content (AvgIpc) is 2.50. The zero-order valence-corrected chi connectivity index (χ0v) is 13.0. The molecule has 1 aromatic carbocycles. The summed E-state index contributed by atoms with van der Waals surface area (Å²) in [5.41, 5.74) is 0.985. The lowest BCUT2D eigenvalue weighted by Crippen LogP contribution is -2.62. The van der Waals surface area contributed by atoms with Crippen LogP contribution in [0.4, 0.5) is 0 Å². The van der Waals surface area contributed by atoms with Crippen LogP contribution in [0.2, 0.25) is 0 Å². The van der Waals surface area contributed by atoms with Crippen molar-refractivity contribution in [2.75, 3.05) is 19.1 Å². The second-order valence-corrected chi connectivity index (χ2v) is 5.94. The number of carbonyl (C=O) groups is 2. The Balaban J connectivity index is 1.95. The van der Waals surface area contributed by atoms with Gasteiger partial charge in [-0.05, 0) is 36.1 Å². The van der Waals surface area contributed by atoms with Gasteiger partial charge in [0.25, 0.3) is 0 Å². The SMILES string of the molecule is COc1ccc(C[C@@H]2NC(=O)[C@@H](CCSC)NC2=O)cc1. The smallest absolute Gasteiger partial charge is 0.243 e. The average molecular weight is 308 g/mol. The van der Waals surface area contributed by atoms with Crippen molar-refractivity contribution in [2.45, 2.75) is 24.9 Å². The van der Waals surface area contributed by atoms with Gasteiger partial charge in [0.1, 0.15) is 17.8 Å². The van der Waals surface area contributed by atoms with Crippen LogP contribution in [0.1, 0.15) is 12.0 Å². The molecule has 1 aliphatic rings. The molecule has 21 heavy (non-hydrogen) atoms. The fraction of sp³-hybridized carbons (Fsp3) is 0.467. The van der Waals surface area contributed by atoms with Gasteiger partial charge in [0.05, 0.1) is 7.11 Å². The van der Waals surface area contributed by atoms with Crippen molar-refractivity contribution in [3.05, 3.63) is 29.8 Å². The number of piperazine rings is 1. The monoisotopic (exact) mass is 308 g/mol. The lowest BCUT2D eigenvalue weighted by molar-refractivity contribution is -0.136. The van der Waals surface area contributed by atoms with E-state index in [1.807, 2.05) is 30.5 Å². The molecule has 0 radical (unpaired) electrons. The van der Waals surface area contributed by atoms with E-state index >= 15 is 0 Å². The minimum Gasteiger partial charge on any atom is -0.497 e. The maximum Gasteiger partial charge on any atom is 0.243 e. The summed E-state index contributed by atoms with van der Waals surface area (Å²) >= 11 is 1.66. The van der Waals surface area contributed by atoms with E-state index in [1.54, 1.807) is 18.9 Å². The van der Waals surface area contributed by atoms with Gasteiger partial charge in [-0.15, -0.1) is 0 Å². The Morgan fingerprint density at radius 2 is 1.71 bits per heavy atom. The van der Waals surface area contributed by atoms with E-state index in [0.717, 1.165) is 17.1 Å². The van der Waals surface area contributed by atoms with Crippen LogP contribution in [0.25, 0.3) is 0 Å². The van der Waals surface area contributed by atoms with Crippen molar-refractivity contribution in [3.8, 4) is 5.75 Å². The first kappa shape index (κ1) is 15.7. The first-order valence-electron chi connectivity index (χ1n) is 6.86. The molecule has 0 saturated carbocycles. The molecule has 1 fully saturated rings. The van der Waals surface area contributed by atoms with Crippen molar-refractivity contribution < 1.29 is 14.3 Å². The number of hydrogen-bond acceptors (Lipinski definition) is 4. The van der Waals surface area contributed by atoms with E-state index in [2.05, 4.69) is 10.6 Å². The van der Waals surface area contributed by atoms with Crippen LogP contribution in [0, 0.1) is 0 Å². The third-order valence-corrected chi connectivity index (χ3v) is 4.12. The van der Waals surface area contributed by atoms with Crippen LogP contribution in [-0.2, 0) is 16.0 Å². The molecule has 1 aromatic rings. The highest BCUT2D eigenvalue weighted by molar-refractivity contribution is 7.98. The van der Waals surface area contributed by atoms with Crippen molar-refractivity contribution in [2.24, 2.45) is 0 Å². The standard InChI is InChI=1S/C15H20N2O3S/c1-20-11-5-3-10(4-6-11)9-13-15(19)16-12(7-8-21-2)14(18)17-13/h3-6,12-13H,7-9H2,1-2H3,(H,16,19)(H,17,18)/t12-,13+/m1/s1. The summed E-state index contributed by atoms with van der Waals surface area (Å²) in [5, 5.41) is 5.62. The molecule has 0 aliphatic carbocycles. The van der Waals surface area contributed by atoms with Crippen LogP contribution in [0.3, 0.4) is 0 Å². The predicted molar refractivity (Wildman–Crippen MR) is 83.6 cm³/mol. The largest absolute Gasteiger partial charge is 0.497 e. The van der Waals surface area contributed by atoms with E-state index < -0.39 is 12.1 Å². The second-order valence-electron chi connectivity index (χ2n) is 4.96. The van der Waals surface area contributed by atoms with Crippen LogP contribution in [-0.4, -0.2) is 43.0 Å². The van der Waals surface area contributed by atoms with Crippen molar-refractivity contribution in [3.63, 3.8) is 0 Å². The number of thioether (sulfide) groups is 1. The zero-order chi connectivity index (χ0) is 15.2. The highest BCUT2D eigenvalue weighted by atomic mass is 32.2. The lowest BCUT2D eigenvalue weighted by atomic mass is 10.0. The van der Waals surface area contributed by atoms with Crippen LogP contribution in [0.15, 0.2) is 24.3 Å². The van der Waals surface area contributed by atoms with E-state index in [4.69, 9.17) is 4.74 Å². The van der Waals surface area contributed by atoms with E-state index in [1.165, 1.54) is 0 Å². The second kappa shape index (κ2) is 7.36. The van der Waals surface area contributed by atoms with Gasteiger partial charge >= 0.3 is 0 Å². The summed E-state index contributed by atoms with van der Waals surface area (Å²) in [7, 11) is 1.61. The van der Waals surface area contributed by atoms with Gasteiger partial charge in [0.15, 0.2) is 0 Å². The molecular formula is C15H20N2O3S. The van der Waals surface area contributed by atoms with E-state index in [9.17, 15) is 9.59 Å². The van der Waals surface area contributed by atoms with Crippen molar-refractivity contribution in [1.29, 1.82) is 0 Å². The molecule has 1 saturated heterocycles. The molecule has 0 unspecified atom stereocenters. The topological polar surface area (TPSA) is 67.4 Å². The summed E-state index contributed by atoms with van der Waals surface area (Å²) in [5.74, 6) is 1.41. The summed E-state index contributed by atoms with van der Waals surface area (Å²) < 4.78 is 5.10. The normalized spacial score (nSPS) is 21.6. The van der Waals surface area contributed by atoms with Crippen LogP contribution in [0.5, 0.6) is 5.75 Å². The Bertz CT molecular complexity index is 504. The Hall–Kier alpha value is -1.69. The molecule has 0 spiro atoms. The third kappa shape index (κ3) is 4.14. The number of benzene rings is 1. The number of amides is 2. The molecule has 6 heteroatoms. The molecule has 0 aromatic heterocycles. The third-order valence-electron chi connectivity index (χ3n) is 3.48. The van der Waals surface area contributed by atoms with Gasteiger partial charge in [-0.25, -0.2) is 0 Å². The summed E-state index contributed by atoms with van der Waals surface area (Å²) in [4.78, 5) is 24.1. The maximum atomic E-state index is 12.1. The fourth-order valence-corrected chi connectivity index (χ4v) is 2.73. The van der Waals surface area contributed by atoms with Gasteiger partial charge in [-0.1, -0.05) is 12.1 Å². The molecule has 5 nitrogen and oxygen atoms in total. The first-order chi connectivity index (χ1) is 10.1. The van der Waals surface area contributed by atoms with Gasteiger partial charge in [0, 0.05) is 6.42 Å². The number of methoxy groups -OCH3 is 1. The van der Waals surface area contributed by atoms with Crippen LogP contribution >= 0.6 is 11.8 Å². The fourth-order valence-electron chi connectivity index (χ4n) is 2.26. The molecule has 2 atom stereocenters. The van der Waals surface area contributed by atoms with Crippen molar-refractivity contribution in [1.82, 2.24) is 10.6 Å². The lowest BCUT2D eigenvalue weighted by Gasteiger charge is -2.29. The Kier molecular flexibility index (Phi) is 5.50. The number of ether oxygens (including phenoxy) is 1. The van der Waals surface area contributed by atoms with Crippen molar-refractivity contribution >= 4 is 23.6 Å². The predicted octanol–water partition coefficient (Wildman–Crippen LogP) is 0.974. The number of nitrogens with one attached hydrogen (secondary N) is 2. The Labute approximate surface area is 128 Å². The Morgan fingerprint density at radius 1 is 1.10 bits per heavy atom. The number of carbonyl (C=O) groups excluding carboxylic acids is 2. The van der Waals surface area contributed by atoms with Gasteiger partial charge in [0.2, 0.25) is 11.8 Å². The highest BCUT2D eigenvalue weighted by Gasteiger charge is 2.33. The summed E-state index contributed by atoms with van der Waals surface area (Å²) in [6.07, 6.45) is 3.12. The minimum atomic E-state index is -0.503. The van der Waals surface area contributed by atoms with Gasteiger partial charge in [-0.3, -0.25) is 9.59 Å². The molecule has 1 heterocycles. The maximum absolute atomic E-state index is 12.1. The minimum absolute atomic E-state index is 0.0952. The molecule has 2 rings (SSSR count). The highest BCUT2D eigenvalue weighted by Crippen LogP contribution is 2.14. The molecule has 114 valence electrons. The number of rotatable bonds is 6. The molecule has 0 bridgehead atoms. The van der Waals surface area contributed by atoms with E-state index in [0.29, 0.717) is 12.8 Å². The van der Waals surface area contributed by atoms with Gasteiger partial charge in [-0.2, -0.15) is 11.8 Å². The van der Waals surface area contributed by atoms with E-state index in [-0.39, 0.29) is 11.8 Å². The summed E-state index contributed by atoms with van der Waals surface area (Å²) in [6, 6.07) is 6.59. The van der Waals surface area contributed by atoms with Crippen LogP contribution < -0.4 is 15.4 Å². The first-order valence-corrected chi connectivity index (χ1v) is 8.26. The summed E-state index contributed by atoms with van der Waals surface area (Å²) in [6.45, 7) is 0. The van der Waals surface area contributed by atoms with Gasteiger partial charge < -0.3 is 15.4 Å². The number of hydrogen-bond donors (Lipinski definition) is 2. The molecular weight excluding hydrogens is 288 g/mol. The zero-order valence-electron chi connectivity index (χ0n) is 12.2. The Morgan fingerprint density at radius 3 is 2.33 bits per heavy atom.